The summed E-state index contributed by atoms with van der Waals surface area (Å²) in [5.74, 6) is -2.34. The fraction of sp³-hybridized carbons (Fsp3) is 0.211. The Kier molecular flexibility index (Phi) is 6.84. The molecule has 0 spiro atoms. The topological polar surface area (TPSA) is 84.5 Å². The molecular weight excluding hydrogens is 339 g/mol. The average Bonchev–Trinajstić information content (AvgIpc) is 2.66. The van der Waals surface area contributed by atoms with Gasteiger partial charge in [0.25, 0.3) is 5.91 Å². The van der Waals surface area contributed by atoms with E-state index in [0.717, 1.165) is 11.6 Å². The molecule has 0 saturated carbocycles. The Bertz CT molecular complexity index is 780. The van der Waals surface area contributed by atoms with E-state index in [1.807, 2.05) is 6.07 Å². The predicted molar refractivity (Wildman–Crippen MR) is 92.7 cm³/mol. The molecule has 2 aromatic rings. The van der Waals surface area contributed by atoms with Crippen LogP contribution in [-0.2, 0) is 14.3 Å². The largest absolute Gasteiger partial charge is 0.469 e. The molecule has 0 bridgehead atoms. The first-order valence-corrected chi connectivity index (χ1v) is 7.95. The number of nitrogens with one attached hydrogen (secondary N) is 2. The van der Waals surface area contributed by atoms with Crippen LogP contribution >= 0.6 is 0 Å². The summed E-state index contributed by atoms with van der Waals surface area (Å²) in [4.78, 5) is 35.7. The van der Waals surface area contributed by atoms with Gasteiger partial charge in [-0.3, -0.25) is 14.4 Å². The molecule has 6 nitrogen and oxygen atoms in total. The van der Waals surface area contributed by atoms with Gasteiger partial charge >= 0.3 is 5.97 Å². The number of carbonyl (C=O) groups excluding carboxylic acids is 3. The zero-order valence-corrected chi connectivity index (χ0v) is 14.2. The summed E-state index contributed by atoms with van der Waals surface area (Å²) < 4.78 is 18.2. The Hall–Kier alpha value is -3.22. The lowest BCUT2D eigenvalue weighted by atomic mass is 10.0. The molecule has 2 amide bonds. The lowest BCUT2D eigenvalue weighted by Gasteiger charge is -2.18. The number of hydrogen-bond acceptors (Lipinski definition) is 4. The highest BCUT2D eigenvalue weighted by atomic mass is 19.1. The molecule has 0 fully saturated rings. The molecule has 0 aliphatic heterocycles. The van der Waals surface area contributed by atoms with Crippen LogP contribution in [0.4, 0.5) is 4.39 Å². The Balaban J connectivity index is 1.97. The lowest BCUT2D eigenvalue weighted by molar-refractivity contribution is -0.141. The number of amides is 2. The standard InChI is InChI=1S/C19H19FN2O4/c1-26-18(24)11-16(13-7-3-2-4-8-13)22-17(23)12-21-19(25)14-9-5-6-10-15(14)20/h2-10,16H,11-12H2,1H3,(H,21,25)(H,22,23)/t16-/m1/s1. The third kappa shape index (κ3) is 5.41. The van der Waals surface area contributed by atoms with E-state index in [9.17, 15) is 18.8 Å². The molecule has 0 aliphatic rings. The molecule has 2 N–H and O–H groups in total. The van der Waals surface area contributed by atoms with Crippen LogP contribution in [0, 0.1) is 5.82 Å². The van der Waals surface area contributed by atoms with Crippen LogP contribution in [0.1, 0.15) is 28.4 Å². The minimum absolute atomic E-state index is 0.0481. The second-order valence-corrected chi connectivity index (χ2v) is 5.47. The van der Waals surface area contributed by atoms with E-state index >= 15 is 0 Å². The second-order valence-electron chi connectivity index (χ2n) is 5.47. The van der Waals surface area contributed by atoms with Gasteiger partial charge in [0.05, 0.1) is 31.7 Å². The third-order valence-corrected chi connectivity index (χ3v) is 3.66. The van der Waals surface area contributed by atoms with Crippen molar-refractivity contribution in [3.63, 3.8) is 0 Å². The van der Waals surface area contributed by atoms with Gasteiger partial charge in [-0.2, -0.15) is 0 Å². The van der Waals surface area contributed by atoms with E-state index in [1.165, 1.54) is 25.3 Å². The molecule has 0 radical (unpaired) electrons. The average molecular weight is 358 g/mol. The van der Waals surface area contributed by atoms with Gasteiger partial charge in [-0.25, -0.2) is 4.39 Å². The molecule has 2 rings (SSSR count). The van der Waals surface area contributed by atoms with Crippen molar-refractivity contribution in [2.75, 3.05) is 13.7 Å². The zero-order chi connectivity index (χ0) is 18.9. The van der Waals surface area contributed by atoms with Crippen molar-refractivity contribution in [3.05, 3.63) is 71.5 Å². The molecule has 2 aromatic carbocycles. The molecule has 26 heavy (non-hydrogen) atoms. The van der Waals surface area contributed by atoms with Crippen molar-refractivity contribution in [2.45, 2.75) is 12.5 Å². The fourth-order valence-corrected chi connectivity index (χ4v) is 2.33. The minimum atomic E-state index is -0.692. The van der Waals surface area contributed by atoms with Gasteiger partial charge in [-0.15, -0.1) is 0 Å². The minimum Gasteiger partial charge on any atom is -0.469 e. The first-order valence-electron chi connectivity index (χ1n) is 7.95. The Morgan fingerprint density at radius 3 is 2.35 bits per heavy atom. The zero-order valence-electron chi connectivity index (χ0n) is 14.2. The van der Waals surface area contributed by atoms with Crippen LogP contribution in [0.3, 0.4) is 0 Å². The van der Waals surface area contributed by atoms with Gasteiger partial charge < -0.3 is 15.4 Å². The highest BCUT2D eigenvalue weighted by Crippen LogP contribution is 2.17. The van der Waals surface area contributed by atoms with Crippen molar-refractivity contribution < 1.29 is 23.5 Å². The number of carbonyl (C=O) groups is 3. The number of ether oxygens (including phenoxy) is 1. The number of rotatable bonds is 7. The van der Waals surface area contributed by atoms with Gasteiger partial charge in [-0.05, 0) is 17.7 Å². The molecule has 7 heteroatoms. The van der Waals surface area contributed by atoms with Gasteiger partial charge in [-0.1, -0.05) is 42.5 Å². The van der Waals surface area contributed by atoms with E-state index in [2.05, 4.69) is 15.4 Å². The van der Waals surface area contributed by atoms with Crippen LogP contribution in [0.15, 0.2) is 54.6 Å². The van der Waals surface area contributed by atoms with Gasteiger partial charge in [0.15, 0.2) is 0 Å². The van der Waals surface area contributed by atoms with Crippen LogP contribution in [0.2, 0.25) is 0 Å². The Labute approximate surface area is 150 Å². The highest BCUT2D eigenvalue weighted by molar-refractivity contribution is 5.96. The predicted octanol–water partition coefficient (Wildman–Crippen LogP) is 1.98. The third-order valence-electron chi connectivity index (χ3n) is 3.66. The summed E-state index contributed by atoms with van der Waals surface area (Å²) in [7, 11) is 1.26. The van der Waals surface area contributed by atoms with Crippen molar-refractivity contribution in [2.24, 2.45) is 0 Å². The molecule has 1 atom stereocenters. The molecular formula is C19H19FN2O4. The molecule has 0 saturated heterocycles. The van der Waals surface area contributed by atoms with Crippen molar-refractivity contribution >= 4 is 17.8 Å². The maximum absolute atomic E-state index is 13.6. The fourth-order valence-electron chi connectivity index (χ4n) is 2.33. The first kappa shape index (κ1) is 19.1. The normalized spacial score (nSPS) is 11.3. The van der Waals surface area contributed by atoms with Gasteiger partial charge in [0.1, 0.15) is 5.82 Å². The maximum atomic E-state index is 13.6. The smallest absolute Gasteiger partial charge is 0.307 e. The second kappa shape index (κ2) is 9.31. The number of esters is 1. The van der Waals surface area contributed by atoms with E-state index in [0.29, 0.717) is 0 Å². The number of hydrogen-bond donors (Lipinski definition) is 2. The summed E-state index contributed by atoms with van der Waals surface area (Å²) in [5.41, 5.74) is 0.584. The number of methoxy groups -OCH3 is 1. The lowest BCUT2D eigenvalue weighted by Crippen LogP contribution is -2.39. The van der Waals surface area contributed by atoms with Gasteiger partial charge in [0, 0.05) is 0 Å². The maximum Gasteiger partial charge on any atom is 0.307 e. The van der Waals surface area contributed by atoms with Crippen LogP contribution < -0.4 is 10.6 Å². The summed E-state index contributed by atoms with van der Waals surface area (Å²) in [5, 5.41) is 5.03. The Morgan fingerprint density at radius 1 is 1.04 bits per heavy atom. The van der Waals surface area contributed by atoms with Crippen LogP contribution in [-0.4, -0.2) is 31.4 Å². The van der Waals surface area contributed by atoms with Crippen LogP contribution in [0.5, 0.6) is 0 Å². The molecule has 0 aliphatic carbocycles. The Morgan fingerprint density at radius 2 is 1.69 bits per heavy atom. The van der Waals surface area contributed by atoms with Crippen LogP contribution in [0.25, 0.3) is 0 Å². The summed E-state index contributed by atoms with van der Waals surface area (Å²) >= 11 is 0. The van der Waals surface area contributed by atoms with E-state index in [1.54, 1.807) is 24.3 Å². The summed E-state index contributed by atoms with van der Waals surface area (Å²) in [6, 6.07) is 13.8. The first-order chi connectivity index (χ1) is 12.5. The van der Waals surface area contributed by atoms with Crippen molar-refractivity contribution in [3.8, 4) is 0 Å². The van der Waals surface area contributed by atoms with E-state index < -0.39 is 29.6 Å². The summed E-state index contributed by atoms with van der Waals surface area (Å²) in [6.07, 6.45) is -0.0481. The summed E-state index contributed by atoms with van der Waals surface area (Å²) in [6.45, 7) is -0.350. The molecule has 0 heterocycles. The van der Waals surface area contributed by atoms with E-state index in [4.69, 9.17) is 0 Å². The SMILES string of the molecule is COC(=O)C[C@@H](NC(=O)CNC(=O)c1ccccc1F)c1ccccc1. The highest BCUT2D eigenvalue weighted by Gasteiger charge is 2.19. The van der Waals surface area contributed by atoms with Crippen molar-refractivity contribution in [1.29, 1.82) is 0 Å². The molecule has 0 aromatic heterocycles. The monoisotopic (exact) mass is 358 g/mol. The number of halogens is 1. The quantitative estimate of drug-likeness (QED) is 0.741. The number of benzene rings is 2. The van der Waals surface area contributed by atoms with E-state index in [-0.39, 0.29) is 18.5 Å². The van der Waals surface area contributed by atoms with Crippen molar-refractivity contribution in [1.82, 2.24) is 10.6 Å². The molecule has 136 valence electrons. The molecule has 0 unspecified atom stereocenters. The van der Waals surface area contributed by atoms with Gasteiger partial charge in [0.2, 0.25) is 5.91 Å².